The van der Waals surface area contributed by atoms with E-state index in [1.807, 2.05) is 6.07 Å². The molecular weight excluding hydrogens is 423 g/mol. The highest BCUT2D eigenvalue weighted by Crippen LogP contribution is 2.45. The standard InChI is InChI=1S/C22H20F3N5O2/c1-13(31)12-30-20(22(23,24)25)16(11-29-30)19-18(21-26-8-5-9-27-21)15(10-28-19)14-6-3-4-7-17(14)32-2/h3-11,13,28,31H,12H2,1-2H3/t13-/m1/s1. The van der Waals surface area contributed by atoms with Crippen molar-refractivity contribution in [2.24, 2.45) is 0 Å². The Morgan fingerprint density at radius 1 is 1.09 bits per heavy atom. The van der Waals surface area contributed by atoms with Crippen LogP contribution in [-0.2, 0) is 12.7 Å². The predicted molar refractivity (Wildman–Crippen MR) is 112 cm³/mol. The Morgan fingerprint density at radius 2 is 1.81 bits per heavy atom. The number of aromatic amines is 1. The van der Waals surface area contributed by atoms with Crippen molar-refractivity contribution in [1.82, 2.24) is 24.7 Å². The van der Waals surface area contributed by atoms with Crippen LogP contribution in [0.2, 0.25) is 0 Å². The van der Waals surface area contributed by atoms with E-state index in [9.17, 15) is 18.3 Å². The average molecular weight is 443 g/mol. The van der Waals surface area contributed by atoms with Gasteiger partial charge in [0.05, 0.1) is 37.2 Å². The molecule has 3 aromatic heterocycles. The van der Waals surface area contributed by atoms with Gasteiger partial charge in [0.1, 0.15) is 5.75 Å². The van der Waals surface area contributed by atoms with Crippen molar-refractivity contribution in [1.29, 1.82) is 0 Å². The first-order valence-corrected chi connectivity index (χ1v) is 9.74. The third-order valence-electron chi connectivity index (χ3n) is 4.88. The number of para-hydroxylation sites is 1. The molecule has 32 heavy (non-hydrogen) atoms. The van der Waals surface area contributed by atoms with Gasteiger partial charge < -0.3 is 14.8 Å². The lowest BCUT2D eigenvalue weighted by atomic mass is 9.98. The molecule has 0 saturated heterocycles. The molecule has 0 aliphatic heterocycles. The molecule has 0 spiro atoms. The minimum atomic E-state index is -4.70. The number of rotatable bonds is 6. The molecular formula is C22H20F3N5O2. The number of aromatic nitrogens is 5. The molecule has 0 fully saturated rings. The molecule has 0 aliphatic rings. The average Bonchev–Trinajstić information content (AvgIpc) is 3.38. The number of nitrogens with one attached hydrogen (secondary N) is 1. The van der Waals surface area contributed by atoms with Gasteiger partial charge in [-0.1, -0.05) is 18.2 Å². The zero-order valence-corrected chi connectivity index (χ0v) is 17.3. The van der Waals surface area contributed by atoms with Crippen LogP contribution in [-0.4, -0.2) is 43.1 Å². The maximum absolute atomic E-state index is 14.1. The summed E-state index contributed by atoms with van der Waals surface area (Å²) in [7, 11) is 1.52. The Labute approximate surface area is 181 Å². The molecule has 2 N–H and O–H groups in total. The van der Waals surface area contributed by atoms with Crippen LogP contribution in [0.5, 0.6) is 5.75 Å². The van der Waals surface area contributed by atoms with Crippen LogP contribution < -0.4 is 4.74 Å². The van der Waals surface area contributed by atoms with Crippen LogP contribution in [0.4, 0.5) is 13.2 Å². The van der Waals surface area contributed by atoms with E-state index in [0.29, 0.717) is 22.4 Å². The maximum Gasteiger partial charge on any atom is 0.433 e. The number of aliphatic hydroxyl groups excluding tert-OH is 1. The van der Waals surface area contributed by atoms with Gasteiger partial charge in [-0.25, -0.2) is 9.97 Å². The first-order valence-electron chi connectivity index (χ1n) is 9.74. The van der Waals surface area contributed by atoms with Gasteiger partial charge in [-0.2, -0.15) is 18.3 Å². The molecule has 0 saturated carbocycles. The molecule has 1 atom stereocenters. The summed E-state index contributed by atoms with van der Waals surface area (Å²) in [5.74, 6) is 0.803. The molecule has 0 radical (unpaired) electrons. The fraction of sp³-hybridized carbons (Fsp3) is 0.227. The van der Waals surface area contributed by atoms with Gasteiger partial charge in [-0.05, 0) is 19.1 Å². The van der Waals surface area contributed by atoms with Crippen LogP contribution in [0.3, 0.4) is 0 Å². The van der Waals surface area contributed by atoms with Gasteiger partial charge in [0.15, 0.2) is 11.5 Å². The van der Waals surface area contributed by atoms with E-state index >= 15 is 0 Å². The Kier molecular flexibility index (Phi) is 5.70. The van der Waals surface area contributed by atoms with E-state index in [4.69, 9.17) is 4.74 Å². The van der Waals surface area contributed by atoms with Gasteiger partial charge in [-0.3, -0.25) is 4.68 Å². The van der Waals surface area contributed by atoms with E-state index in [-0.39, 0.29) is 23.6 Å². The van der Waals surface area contributed by atoms with Crippen LogP contribution in [0, 0.1) is 0 Å². The van der Waals surface area contributed by atoms with E-state index < -0.39 is 18.0 Å². The van der Waals surface area contributed by atoms with Crippen molar-refractivity contribution in [3.63, 3.8) is 0 Å². The first-order chi connectivity index (χ1) is 15.3. The van der Waals surface area contributed by atoms with Crippen molar-refractivity contribution in [2.75, 3.05) is 7.11 Å². The Morgan fingerprint density at radius 3 is 2.47 bits per heavy atom. The third kappa shape index (κ3) is 3.96. The second kappa shape index (κ2) is 8.46. The molecule has 3 heterocycles. The number of methoxy groups -OCH3 is 1. The number of nitrogens with zero attached hydrogens (tertiary/aromatic N) is 4. The number of hydrogen-bond acceptors (Lipinski definition) is 5. The molecule has 0 aliphatic carbocycles. The van der Waals surface area contributed by atoms with Gasteiger partial charge in [0.25, 0.3) is 0 Å². The van der Waals surface area contributed by atoms with Crippen LogP contribution >= 0.6 is 0 Å². The number of benzene rings is 1. The summed E-state index contributed by atoms with van der Waals surface area (Å²) in [4.78, 5) is 11.5. The molecule has 0 bridgehead atoms. The summed E-state index contributed by atoms with van der Waals surface area (Å²) < 4.78 is 48.4. The van der Waals surface area contributed by atoms with Crippen molar-refractivity contribution >= 4 is 0 Å². The quantitative estimate of drug-likeness (QED) is 0.461. The number of H-pyrrole nitrogens is 1. The van der Waals surface area contributed by atoms with Crippen LogP contribution in [0.25, 0.3) is 33.8 Å². The highest BCUT2D eigenvalue weighted by molar-refractivity contribution is 5.93. The minimum Gasteiger partial charge on any atom is -0.496 e. The van der Waals surface area contributed by atoms with Crippen molar-refractivity contribution in [3.05, 3.63) is 60.8 Å². The Balaban J connectivity index is 2.00. The van der Waals surface area contributed by atoms with Gasteiger partial charge >= 0.3 is 6.18 Å². The van der Waals surface area contributed by atoms with E-state index in [2.05, 4.69) is 20.1 Å². The number of halogens is 3. The second-order valence-electron chi connectivity index (χ2n) is 7.16. The SMILES string of the molecule is COc1ccccc1-c1c[nH]c(-c2cnn(C[C@@H](C)O)c2C(F)(F)F)c1-c1ncccn1. The molecule has 166 valence electrons. The van der Waals surface area contributed by atoms with E-state index in [1.54, 1.807) is 30.5 Å². The molecule has 7 nitrogen and oxygen atoms in total. The molecule has 4 rings (SSSR count). The maximum atomic E-state index is 14.1. The molecule has 0 amide bonds. The topological polar surface area (TPSA) is 88.8 Å². The predicted octanol–water partition coefficient (Wildman–Crippen LogP) is 4.41. The summed E-state index contributed by atoms with van der Waals surface area (Å²) in [6.07, 6.45) is 0.0685. The fourth-order valence-corrected chi connectivity index (χ4v) is 3.63. The molecule has 4 aromatic rings. The van der Waals surface area contributed by atoms with E-state index in [0.717, 1.165) is 10.9 Å². The van der Waals surface area contributed by atoms with Crippen molar-refractivity contribution in [3.8, 4) is 39.5 Å². The lowest BCUT2D eigenvalue weighted by Gasteiger charge is -2.14. The van der Waals surface area contributed by atoms with E-state index in [1.165, 1.54) is 26.4 Å². The molecule has 1 aromatic carbocycles. The number of ether oxygens (including phenoxy) is 1. The highest BCUT2D eigenvalue weighted by atomic mass is 19.4. The summed E-state index contributed by atoms with van der Waals surface area (Å²) in [6.45, 7) is 1.10. The molecule has 0 unspecified atom stereocenters. The second-order valence-corrected chi connectivity index (χ2v) is 7.16. The monoisotopic (exact) mass is 443 g/mol. The summed E-state index contributed by atoms with van der Waals surface area (Å²) >= 11 is 0. The van der Waals surface area contributed by atoms with Crippen molar-refractivity contribution < 1.29 is 23.0 Å². The van der Waals surface area contributed by atoms with Gasteiger partial charge in [0.2, 0.25) is 0 Å². The van der Waals surface area contributed by atoms with Crippen LogP contribution in [0.15, 0.2) is 55.1 Å². The summed E-state index contributed by atoms with van der Waals surface area (Å²) in [6, 6.07) is 8.80. The normalized spacial score (nSPS) is 12.7. The lowest BCUT2D eigenvalue weighted by Crippen LogP contribution is -2.21. The fourth-order valence-electron chi connectivity index (χ4n) is 3.63. The largest absolute Gasteiger partial charge is 0.496 e. The van der Waals surface area contributed by atoms with Crippen LogP contribution in [0.1, 0.15) is 12.6 Å². The summed E-state index contributed by atoms with van der Waals surface area (Å²) in [5, 5.41) is 13.5. The molecule has 10 heteroatoms. The zero-order chi connectivity index (χ0) is 22.9. The minimum absolute atomic E-state index is 0.165. The number of hydrogen-bond donors (Lipinski definition) is 2. The zero-order valence-electron chi connectivity index (χ0n) is 17.3. The smallest absolute Gasteiger partial charge is 0.433 e. The third-order valence-corrected chi connectivity index (χ3v) is 4.88. The summed E-state index contributed by atoms with van der Waals surface area (Å²) in [5.41, 5.74) is 0.675. The van der Waals surface area contributed by atoms with Gasteiger partial charge in [-0.15, -0.1) is 0 Å². The Hall–Kier alpha value is -3.66. The van der Waals surface area contributed by atoms with Gasteiger partial charge in [0, 0.05) is 35.3 Å². The van der Waals surface area contributed by atoms with Crippen molar-refractivity contribution in [2.45, 2.75) is 25.7 Å². The lowest BCUT2D eigenvalue weighted by molar-refractivity contribution is -0.144. The first kappa shape index (κ1) is 21.6. The Bertz CT molecular complexity index is 1220. The number of aliphatic hydroxyl groups is 1. The number of alkyl halides is 3. The highest BCUT2D eigenvalue weighted by Gasteiger charge is 2.40.